The van der Waals surface area contributed by atoms with Gasteiger partial charge in [0, 0.05) is 5.57 Å². The molecular weight excluding hydrogens is 204 g/mol. The molecule has 3 heteroatoms. The fraction of sp³-hybridized carbons (Fsp3) is 0.769. The van der Waals surface area contributed by atoms with Crippen molar-refractivity contribution in [2.45, 2.75) is 65.6 Å². The molecule has 0 rings (SSSR count). The summed E-state index contributed by atoms with van der Waals surface area (Å²) in [6, 6.07) is 0. The summed E-state index contributed by atoms with van der Waals surface area (Å²) < 4.78 is 5.24. The summed E-state index contributed by atoms with van der Waals surface area (Å²) in [7, 11) is 0. The Balaban J connectivity index is 3.66. The van der Waals surface area contributed by atoms with Crippen molar-refractivity contribution >= 4 is 5.97 Å². The number of hydrogen-bond acceptors (Lipinski definition) is 3. The van der Waals surface area contributed by atoms with E-state index < -0.39 is 0 Å². The van der Waals surface area contributed by atoms with Gasteiger partial charge in [-0.2, -0.15) is 0 Å². The monoisotopic (exact) mass is 228 g/mol. The van der Waals surface area contributed by atoms with E-state index in [-0.39, 0.29) is 18.2 Å². The number of esters is 1. The first kappa shape index (κ1) is 15.2. The maximum atomic E-state index is 11.4. The first-order valence-corrected chi connectivity index (χ1v) is 5.99. The third-order valence-corrected chi connectivity index (χ3v) is 2.55. The molecule has 0 heterocycles. The Morgan fingerprint density at radius 1 is 1.31 bits per heavy atom. The van der Waals surface area contributed by atoms with E-state index in [4.69, 9.17) is 9.84 Å². The van der Waals surface area contributed by atoms with Crippen LogP contribution in [-0.2, 0) is 9.53 Å². The van der Waals surface area contributed by atoms with Crippen molar-refractivity contribution in [1.82, 2.24) is 0 Å². The lowest BCUT2D eigenvalue weighted by molar-refractivity contribution is -0.143. The van der Waals surface area contributed by atoms with Crippen molar-refractivity contribution in [3.63, 3.8) is 0 Å². The van der Waals surface area contributed by atoms with Gasteiger partial charge < -0.3 is 9.84 Å². The largest absolute Gasteiger partial charge is 0.459 e. The number of hydrogen-bond donors (Lipinski definition) is 1. The van der Waals surface area contributed by atoms with Crippen molar-refractivity contribution in [3.8, 4) is 0 Å². The van der Waals surface area contributed by atoms with Gasteiger partial charge >= 0.3 is 5.97 Å². The zero-order valence-electron chi connectivity index (χ0n) is 10.8. The lowest BCUT2D eigenvalue weighted by atomic mass is 10.1. The fourth-order valence-electron chi connectivity index (χ4n) is 1.32. The first-order valence-electron chi connectivity index (χ1n) is 5.99. The van der Waals surface area contributed by atoms with Crippen molar-refractivity contribution in [2.24, 2.45) is 0 Å². The SMILES string of the molecule is CC=C(C)C(=O)OC(C)CCCCC(C)O. The Bertz CT molecular complexity index is 231. The molecule has 0 saturated carbocycles. The minimum Gasteiger partial charge on any atom is -0.459 e. The predicted octanol–water partition coefficient (Wildman–Crippen LogP) is 2.83. The molecule has 1 N–H and O–H groups in total. The average Bonchev–Trinajstić information content (AvgIpc) is 2.22. The topological polar surface area (TPSA) is 46.5 Å². The molecule has 0 fully saturated rings. The van der Waals surface area contributed by atoms with Crippen LogP contribution in [0.15, 0.2) is 11.6 Å². The Kier molecular flexibility index (Phi) is 7.90. The average molecular weight is 228 g/mol. The van der Waals surface area contributed by atoms with Crippen molar-refractivity contribution in [3.05, 3.63) is 11.6 Å². The van der Waals surface area contributed by atoms with Crippen LogP contribution in [0.25, 0.3) is 0 Å². The van der Waals surface area contributed by atoms with Gasteiger partial charge in [-0.3, -0.25) is 0 Å². The molecular formula is C13H24O3. The molecule has 0 aromatic rings. The Morgan fingerprint density at radius 2 is 1.88 bits per heavy atom. The summed E-state index contributed by atoms with van der Waals surface area (Å²) in [5.41, 5.74) is 0.649. The molecule has 16 heavy (non-hydrogen) atoms. The molecule has 0 saturated heterocycles. The smallest absolute Gasteiger partial charge is 0.333 e. The van der Waals surface area contributed by atoms with Gasteiger partial charge in [-0.25, -0.2) is 4.79 Å². The maximum absolute atomic E-state index is 11.4. The van der Waals surface area contributed by atoms with E-state index >= 15 is 0 Å². The maximum Gasteiger partial charge on any atom is 0.333 e. The van der Waals surface area contributed by atoms with Gasteiger partial charge in [0.15, 0.2) is 0 Å². The summed E-state index contributed by atoms with van der Waals surface area (Å²) in [4.78, 5) is 11.4. The van der Waals surface area contributed by atoms with Crippen LogP contribution in [0, 0.1) is 0 Å². The number of aliphatic hydroxyl groups excluding tert-OH is 1. The second-order valence-corrected chi connectivity index (χ2v) is 4.32. The van der Waals surface area contributed by atoms with E-state index in [9.17, 15) is 4.79 Å². The van der Waals surface area contributed by atoms with E-state index in [1.165, 1.54) is 0 Å². The molecule has 0 amide bonds. The molecule has 0 aromatic heterocycles. The highest BCUT2D eigenvalue weighted by atomic mass is 16.5. The zero-order valence-corrected chi connectivity index (χ0v) is 10.8. The minimum absolute atomic E-state index is 0.0450. The van der Waals surface area contributed by atoms with Crippen LogP contribution >= 0.6 is 0 Å². The molecule has 2 unspecified atom stereocenters. The molecule has 0 bridgehead atoms. The molecule has 0 aliphatic carbocycles. The quantitative estimate of drug-likeness (QED) is 0.414. The van der Waals surface area contributed by atoms with Gasteiger partial charge in [0.2, 0.25) is 0 Å². The summed E-state index contributed by atoms with van der Waals surface area (Å²) in [6.07, 6.45) is 5.10. The van der Waals surface area contributed by atoms with Gasteiger partial charge in [-0.05, 0) is 47.0 Å². The zero-order chi connectivity index (χ0) is 12.6. The summed E-state index contributed by atoms with van der Waals surface area (Å²) >= 11 is 0. The highest BCUT2D eigenvalue weighted by Gasteiger charge is 2.10. The standard InChI is InChI=1S/C13H24O3/c1-5-10(2)13(15)16-12(4)9-7-6-8-11(3)14/h5,11-12,14H,6-9H2,1-4H3. The number of aliphatic hydroxyl groups is 1. The van der Waals surface area contributed by atoms with E-state index in [1.807, 2.05) is 13.8 Å². The van der Waals surface area contributed by atoms with E-state index in [1.54, 1.807) is 19.9 Å². The molecule has 3 nitrogen and oxygen atoms in total. The Hall–Kier alpha value is -0.830. The number of carbonyl (C=O) groups is 1. The van der Waals surface area contributed by atoms with E-state index in [2.05, 4.69) is 0 Å². The van der Waals surface area contributed by atoms with Crippen LogP contribution in [0.3, 0.4) is 0 Å². The lowest BCUT2D eigenvalue weighted by Gasteiger charge is -2.13. The predicted molar refractivity (Wildman–Crippen MR) is 65.1 cm³/mol. The summed E-state index contributed by atoms with van der Waals surface area (Å²) in [5, 5.41) is 9.07. The number of unbranched alkanes of at least 4 members (excludes halogenated alkanes) is 1. The molecule has 94 valence electrons. The number of carbonyl (C=O) groups excluding carboxylic acids is 1. The van der Waals surface area contributed by atoms with E-state index in [0.29, 0.717) is 5.57 Å². The van der Waals surface area contributed by atoms with Crippen LogP contribution in [0.1, 0.15) is 53.4 Å². The van der Waals surface area contributed by atoms with Crippen LogP contribution in [0.4, 0.5) is 0 Å². The number of rotatable bonds is 7. The number of allylic oxidation sites excluding steroid dienone is 1. The third kappa shape index (κ3) is 7.46. The highest BCUT2D eigenvalue weighted by Crippen LogP contribution is 2.10. The molecule has 0 spiro atoms. The van der Waals surface area contributed by atoms with Gasteiger partial charge in [-0.1, -0.05) is 12.5 Å². The molecule has 0 aromatic carbocycles. The minimum atomic E-state index is -0.233. The Labute approximate surface area is 98.5 Å². The molecule has 0 aliphatic heterocycles. The molecule has 2 atom stereocenters. The third-order valence-electron chi connectivity index (χ3n) is 2.55. The summed E-state index contributed by atoms with van der Waals surface area (Å²) in [6.45, 7) is 7.27. The van der Waals surface area contributed by atoms with Crippen molar-refractivity contribution < 1.29 is 14.6 Å². The van der Waals surface area contributed by atoms with E-state index in [0.717, 1.165) is 25.7 Å². The lowest BCUT2D eigenvalue weighted by Crippen LogP contribution is -2.15. The summed E-state index contributed by atoms with van der Waals surface area (Å²) in [5.74, 6) is -0.231. The van der Waals surface area contributed by atoms with Crippen LogP contribution < -0.4 is 0 Å². The van der Waals surface area contributed by atoms with Gasteiger partial charge in [0.05, 0.1) is 12.2 Å². The van der Waals surface area contributed by atoms with Crippen molar-refractivity contribution in [1.29, 1.82) is 0 Å². The first-order chi connectivity index (χ1) is 7.47. The molecule has 0 radical (unpaired) electrons. The van der Waals surface area contributed by atoms with Crippen LogP contribution in [0.5, 0.6) is 0 Å². The van der Waals surface area contributed by atoms with Crippen molar-refractivity contribution in [2.75, 3.05) is 0 Å². The second-order valence-electron chi connectivity index (χ2n) is 4.32. The van der Waals surface area contributed by atoms with Gasteiger partial charge in [-0.15, -0.1) is 0 Å². The highest BCUT2D eigenvalue weighted by molar-refractivity contribution is 5.87. The normalized spacial score (nSPS) is 15.7. The molecule has 0 aliphatic rings. The van der Waals surface area contributed by atoms with Gasteiger partial charge in [0.1, 0.15) is 0 Å². The second kappa shape index (κ2) is 8.34. The Morgan fingerprint density at radius 3 is 2.38 bits per heavy atom. The van der Waals surface area contributed by atoms with Crippen LogP contribution in [0.2, 0.25) is 0 Å². The van der Waals surface area contributed by atoms with Gasteiger partial charge in [0.25, 0.3) is 0 Å². The van der Waals surface area contributed by atoms with Crippen LogP contribution in [-0.4, -0.2) is 23.3 Å². The number of ether oxygens (including phenoxy) is 1. The fourth-order valence-corrected chi connectivity index (χ4v) is 1.32.